The lowest BCUT2D eigenvalue weighted by Gasteiger charge is -2.01. The first kappa shape index (κ1) is 13.4. The van der Waals surface area contributed by atoms with Gasteiger partial charge in [0, 0.05) is 24.4 Å². The van der Waals surface area contributed by atoms with E-state index in [1.54, 1.807) is 18.2 Å². The largest absolute Gasteiger partial charge is 0.464 e. The number of carbonyl (C=O) groups is 2. The van der Waals surface area contributed by atoms with Gasteiger partial charge in [0.05, 0.1) is 7.11 Å². The summed E-state index contributed by atoms with van der Waals surface area (Å²) in [6, 6.07) is 3.51. The molecular weight excluding hydrogens is 238 g/mol. The molecule has 0 amide bonds. The van der Waals surface area contributed by atoms with Gasteiger partial charge in [-0.25, -0.2) is 9.78 Å². The van der Waals surface area contributed by atoms with E-state index in [1.807, 2.05) is 6.08 Å². The first-order chi connectivity index (χ1) is 8.15. The molecule has 0 saturated carbocycles. The minimum absolute atomic E-state index is 0.0639. The van der Waals surface area contributed by atoms with Crippen LogP contribution in [0.15, 0.2) is 24.4 Å². The normalized spacial score (nSPS) is 10.5. The molecule has 1 aromatic heterocycles. The van der Waals surface area contributed by atoms with Gasteiger partial charge < -0.3 is 4.74 Å². The summed E-state index contributed by atoms with van der Waals surface area (Å²) in [5, 5.41) is 0.0639. The average Bonchev–Trinajstić information content (AvgIpc) is 2.34. The number of carbonyl (C=O) groups excluding carboxylic acids is 2. The number of hydrogen-bond donors (Lipinski definition) is 0. The molecule has 0 fully saturated rings. The predicted octanol–water partition coefficient (Wildman–Crippen LogP) is 2.16. The van der Waals surface area contributed by atoms with Crippen LogP contribution >= 0.6 is 11.8 Å². The Morgan fingerprint density at radius 1 is 1.53 bits per heavy atom. The van der Waals surface area contributed by atoms with E-state index in [9.17, 15) is 9.59 Å². The Bertz CT molecular complexity index is 443. The summed E-state index contributed by atoms with van der Waals surface area (Å²) in [6.45, 7) is 1.52. The highest BCUT2D eigenvalue weighted by Crippen LogP contribution is 2.10. The summed E-state index contributed by atoms with van der Waals surface area (Å²) < 4.78 is 4.63. The summed E-state index contributed by atoms with van der Waals surface area (Å²) in [4.78, 5) is 26.1. The number of aromatic nitrogens is 1. The van der Waals surface area contributed by atoms with Crippen LogP contribution in [0, 0.1) is 0 Å². The maximum atomic E-state index is 11.4. The van der Waals surface area contributed by atoms with E-state index in [1.165, 1.54) is 32.0 Å². The van der Waals surface area contributed by atoms with Crippen LogP contribution in [0.1, 0.15) is 23.0 Å². The second kappa shape index (κ2) is 6.85. The van der Waals surface area contributed by atoms with Gasteiger partial charge in [-0.1, -0.05) is 30.0 Å². The van der Waals surface area contributed by atoms with Crippen molar-refractivity contribution in [3.63, 3.8) is 0 Å². The van der Waals surface area contributed by atoms with Crippen LogP contribution in [-0.2, 0) is 9.53 Å². The summed E-state index contributed by atoms with van der Waals surface area (Å²) in [6.07, 6.45) is 5.11. The maximum absolute atomic E-state index is 11.4. The van der Waals surface area contributed by atoms with Crippen LogP contribution in [-0.4, -0.2) is 28.9 Å². The highest BCUT2D eigenvalue weighted by Gasteiger charge is 2.10. The number of methoxy groups -OCH3 is 1. The minimum Gasteiger partial charge on any atom is -0.464 e. The molecule has 0 N–H and O–H groups in total. The molecule has 5 heteroatoms. The third kappa shape index (κ3) is 4.40. The third-order valence-corrected chi connectivity index (χ3v) is 2.66. The summed E-state index contributed by atoms with van der Waals surface area (Å²) >= 11 is 1.21. The Kier molecular flexibility index (Phi) is 5.42. The van der Waals surface area contributed by atoms with Gasteiger partial charge in [-0.05, 0) is 6.07 Å². The van der Waals surface area contributed by atoms with Crippen molar-refractivity contribution in [2.45, 2.75) is 6.92 Å². The second-order valence-corrected chi connectivity index (χ2v) is 4.33. The molecule has 0 bridgehead atoms. The first-order valence-electron chi connectivity index (χ1n) is 4.98. The molecule has 4 nitrogen and oxygen atoms in total. The molecule has 0 aliphatic heterocycles. The van der Waals surface area contributed by atoms with Gasteiger partial charge in [0.1, 0.15) is 0 Å². The van der Waals surface area contributed by atoms with Crippen LogP contribution in [0.3, 0.4) is 0 Å². The van der Waals surface area contributed by atoms with Crippen LogP contribution in [0.2, 0.25) is 0 Å². The van der Waals surface area contributed by atoms with E-state index in [-0.39, 0.29) is 10.8 Å². The molecule has 17 heavy (non-hydrogen) atoms. The van der Waals surface area contributed by atoms with Crippen molar-refractivity contribution in [2.75, 3.05) is 12.9 Å². The van der Waals surface area contributed by atoms with Gasteiger partial charge in [-0.2, -0.15) is 0 Å². The van der Waals surface area contributed by atoms with Crippen molar-refractivity contribution in [1.29, 1.82) is 0 Å². The minimum atomic E-state index is -0.468. The number of pyridine rings is 1. The van der Waals surface area contributed by atoms with Crippen LogP contribution in [0.4, 0.5) is 0 Å². The molecule has 90 valence electrons. The molecule has 0 atom stereocenters. The van der Waals surface area contributed by atoms with Gasteiger partial charge in [-0.3, -0.25) is 4.79 Å². The molecular formula is C12H13NO3S. The van der Waals surface area contributed by atoms with Crippen molar-refractivity contribution in [1.82, 2.24) is 4.98 Å². The van der Waals surface area contributed by atoms with Crippen molar-refractivity contribution in [3.05, 3.63) is 35.7 Å². The Morgan fingerprint density at radius 3 is 2.94 bits per heavy atom. The Balaban J connectivity index is 2.76. The van der Waals surface area contributed by atoms with E-state index < -0.39 is 5.97 Å². The molecule has 0 spiro atoms. The Labute approximate surface area is 104 Å². The van der Waals surface area contributed by atoms with Crippen molar-refractivity contribution >= 4 is 28.9 Å². The van der Waals surface area contributed by atoms with E-state index in [4.69, 9.17) is 0 Å². The van der Waals surface area contributed by atoms with Gasteiger partial charge >= 0.3 is 5.97 Å². The smallest absolute Gasteiger partial charge is 0.357 e. The summed E-state index contributed by atoms with van der Waals surface area (Å²) in [5.41, 5.74) is 0.961. The zero-order chi connectivity index (χ0) is 12.7. The number of hydrogen-bond acceptors (Lipinski definition) is 5. The molecule has 0 unspecified atom stereocenters. The summed E-state index contributed by atoms with van der Waals surface area (Å²) in [5.74, 6) is 0.106. The number of rotatable bonds is 4. The van der Waals surface area contributed by atoms with E-state index in [0.29, 0.717) is 11.3 Å². The molecule has 0 saturated heterocycles. The fourth-order valence-corrected chi connectivity index (χ4v) is 1.59. The lowest BCUT2D eigenvalue weighted by molar-refractivity contribution is -0.109. The SMILES string of the molecule is COC(=O)c1ncccc1C=CCSC(C)=O. The van der Waals surface area contributed by atoms with E-state index >= 15 is 0 Å². The van der Waals surface area contributed by atoms with Crippen LogP contribution in [0.25, 0.3) is 6.08 Å². The Morgan fingerprint density at radius 2 is 2.29 bits per heavy atom. The maximum Gasteiger partial charge on any atom is 0.357 e. The van der Waals surface area contributed by atoms with Crippen molar-refractivity contribution < 1.29 is 14.3 Å². The molecule has 1 rings (SSSR count). The van der Waals surface area contributed by atoms with Crippen LogP contribution in [0.5, 0.6) is 0 Å². The molecule has 0 aromatic carbocycles. The monoisotopic (exact) mass is 251 g/mol. The van der Waals surface area contributed by atoms with E-state index in [0.717, 1.165) is 0 Å². The average molecular weight is 251 g/mol. The fourth-order valence-electron chi connectivity index (χ4n) is 1.16. The fraction of sp³-hybridized carbons (Fsp3) is 0.250. The van der Waals surface area contributed by atoms with Gasteiger partial charge in [0.2, 0.25) is 0 Å². The zero-order valence-electron chi connectivity index (χ0n) is 9.67. The molecule has 0 radical (unpaired) electrons. The number of ether oxygens (including phenoxy) is 1. The highest BCUT2D eigenvalue weighted by atomic mass is 32.2. The van der Waals surface area contributed by atoms with Gasteiger partial charge in [-0.15, -0.1) is 0 Å². The van der Waals surface area contributed by atoms with Crippen LogP contribution < -0.4 is 0 Å². The molecule has 0 aliphatic rings. The quantitative estimate of drug-likeness (QED) is 0.767. The predicted molar refractivity (Wildman–Crippen MR) is 67.7 cm³/mol. The zero-order valence-corrected chi connectivity index (χ0v) is 10.5. The standard InChI is InChI=1S/C12H13NO3S/c1-9(14)17-8-4-6-10-5-3-7-13-11(10)12(15)16-2/h3-7H,8H2,1-2H3. The third-order valence-electron chi connectivity index (χ3n) is 1.90. The lowest BCUT2D eigenvalue weighted by atomic mass is 10.2. The number of esters is 1. The number of thioether (sulfide) groups is 1. The van der Waals surface area contributed by atoms with E-state index in [2.05, 4.69) is 9.72 Å². The van der Waals surface area contributed by atoms with Crippen molar-refractivity contribution in [3.8, 4) is 0 Å². The summed E-state index contributed by atoms with van der Waals surface area (Å²) in [7, 11) is 1.32. The lowest BCUT2D eigenvalue weighted by Crippen LogP contribution is -2.06. The number of nitrogens with zero attached hydrogens (tertiary/aromatic N) is 1. The molecule has 1 heterocycles. The van der Waals surface area contributed by atoms with Gasteiger partial charge in [0.25, 0.3) is 0 Å². The molecule has 1 aromatic rings. The molecule has 0 aliphatic carbocycles. The highest BCUT2D eigenvalue weighted by molar-refractivity contribution is 8.13. The second-order valence-electron chi connectivity index (χ2n) is 3.14. The Hall–Kier alpha value is -1.62. The first-order valence-corrected chi connectivity index (χ1v) is 5.97. The van der Waals surface area contributed by atoms with Gasteiger partial charge in [0.15, 0.2) is 10.8 Å². The van der Waals surface area contributed by atoms with Crippen molar-refractivity contribution in [2.24, 2.45) is 0 Å². The topological polar surface area (TPSA) is 56.3 Å².